The maximum absolute atomic E-state index is 12.4. The Kier molecular flexibility index (Phi) is 5.49. The minimum atomic E-state index is -0.238. The van der Waals surface area contributed by atoms with Crippen LogP contribution in [0.2, 0.25) is 0 Å². The van der Waals surface area contributed by atoms with Gasteiger partial charge in [0.15, 0.2) is 0 Å². The van der Waals surface area contributed by atoms with Gasteiger partial charge < -0.3 is 0 Å². The predicted molar refractivity (Wildman–Crippen MR) is 89.4 cm³/mol. The quantitative estimate of drug-likeness (QED) is 0.527. The number of carbonyl (C=O) groups excluding carboxylic acids is 2. The molecular weight excluding hydrogens is 296 g/mol. The Morgan fingerprint density at radius 1 is 0.909 bits per heavy atom. The largest absolute Gasteiger partial charge is 0.341 e. The number of amides is 2. The van der Waals surface area contributed by atoms with Crippen molar-refractivity contribution in [3.63, 3.8) is 0 Å². The molecular formula is C17H17N2O2S+. The van der Waals surface area contributed by atoms with Crippen molar-refractivity contribution in [2.75, 3.05) is 13.3 Å². The third-order valence-electron chi connectivity index (χ3n) is 3.08. The van der Waals surface area contributed by atoms with Gasteiger partial charge in [0.05, 0.1) is 18.2 Å². The molecule has 0 aromatic heterocycles. The van der Waals surface area contributed by atoms with Gasteiger partial charge in [0.2, 0.25) is 0 Å². The van der Waals surface area contributed by atoms with Crippen LogP contribution in [0.1, 0.15) is 20.7 Å². The number of rotatable bonds is 2. The molecule has 5 heteroatoms. The Bertz CT molecular complexity index is 697. The topological polar surface area (TPSA) is 49.2 Å². The minimum Gasteiger partial charge on any atom is -0.241 e. The zero-order valence-electron chi connectivity index (χ0n) is 12.4. The highest BCUT2D eigenvalue weighted by Gasteiger charge is 2.21. The first-order valence-corrected chi connectivity index (χ1v) is 7.96. The summed E-state index contributed by atoms with van der Waals surface area (Å²) in [6.45, 7) is 0. The summed E-state index contributed by atoms with van der Waals surface area (Å²) in [4.78, 5) is 24.6. The SMILES string of the molecule is CSC(NC(=O)c1ccccc1)=[N+](C)C(=O)c1ccccc1. The summed E-state index contributed by atoms with van der Waals surface area (Å²) in [5.41, 5.74) is 1.13. The number of nitrogens with zero attached hydrogens (tertiary/aromatic N) is 1. The summed E-state index contributed by atoms with van der Waals surface area (Å²) in [6, 6.07) is 17.9. The van der Waals surface area contributed by atoms with Crippen molar-refractivity contribution in [3.05, 3.63) is 71.8 Å². The predicted octanol–water partition coefficient (Wildman–Crippen LogP) is 2.62. The van der Waals surface area contributed by atoms with Gasteiger partial charge in [-0.05, 0) is 42.3 Å². The normalized spacial score (nSPS) is 11.5. The van der Waals surface area contributed by atoms with Crippen molar-refractivity contribution >= 4 is 28.7 Å². The molecule has 0 aliphatic heterocycles. The molecule has 2 aromatic carbocycles. The molecule has 112 valence electrons. The first-order chi connectivity index (χ1) is 10.6. The number of nitrogens with one attached hydrogen (secondary N) is 1. The third kappa shape index (κ3) is 3.83. The van der Waals surface area contributed by atoms with Crippen LogP contribution >= 0.6 is 11.8 Å². The van der Waals surface area contributed by atoms with Crippen molar-refractivity contribution < 1.29 is 14.2 Å². The van der Waals surface area contributed by atoms with Gasteiger partial charge in [-0.25, -0.2) is 9.59 Å². The summed E-state index contributed by atoms with van der Waals surface area (Å²) in [6.07, 6.45) is 1.81. The van der Waals surface area contributed by atoms with Crippen LogP contribution in [0.5, 0.6) is 0 Å². The van der Waals surface area contributed by atoms with E-state index < -0.39 is 0 Å². The second-order valence-electron chi connectivity index (χ2n) is 4.56. The maximum atomic E-state index is 12.4. The molecule has 4 nitrogen and oxygen atoms in total. The van der Waals surface area contributed by atoms with Gasteiger partial charge in [-0.3, -0.25) is 0 Å². The molecule has 0 unspecified atom stereocenters. The summed E-state index contributed by atoms with van der Waals surface area (Å²) in [5.74, 6) is -0.407. The van der Waals surface area contributed by atoms with Gasteiger partial charge in [0, 0.05) is 0 Å². The molecule has 0 aliphatic rings. The lowest BCUT2D eigenvalue weighted by molar-refractivity contribution is -0.392. The minimum absolute atomic E-state index is 0.168. The molecule has 0 spiro atoms. The fraction of sp³-hybridized carbons (Fsp3) is 0.118. The maximum Gasteiger partial charge on any atom is 0.341 e. The van der Waals surface area contributed by atoms with Crippen LogP contribution in [-0.2, 0) is 0 Å². The van der Waals surface area contributed by atoms with Gasteiger partial charge in [-0.2, -0.15) is 9.89 Å². The van der Waals surface area contributed by atoms with Crippen molar-refractivity contribution in [2.45, 2.75) is 0 Å². The molecule has 2 amide bonds. The Morgan fingerprint density at radius 3 is 1.91 bits per heavy atom. The molecule has 2 aromatic rings. The highest BCUT2D eigenvalue weighted by atomic mass is 32.2. The standard InChI is InChI=1S/C17H16N2O2S/c1-19(16(21)14-11-7-4-8-12-14)17(22-2)18-15(20)13-9-5-3-6-10-13/h3-12H,1-2H3/p+1. The van der Waals surface area contributed by atoms with Crippen LogP contribution in [0.4, 0.5) is 0 Å². The third-order valence-corrected chi connectivity index (χ3v) is 3.84. The van der Waals surface area contributed by atoms with E-state index in [1.54, 1.807) is 43.4 Å². The molecule has 2 rings (SSSR count). The first-order valence-electron chi connectivity index (χ1n) is 6.74. The molecule has 0 radical (unpaired) electrons. The zero-order valence-corrected chi connectivity index (χ0v) is 13.3. The average Bonchev–Trinajstić information content (AvgIpc) is 2.59. The summed E-state index contributed by atoms with van der Waals surface area (Å²) < 4.78 is 1.45. The van der Waals surface area contributed by atoms with Crippen LogP contribution in [0.25, 0.3) is 0 Å². The number of hydrogen-bond acceptors (Lipinski definition) is 3. The number of carbonyl (C=O) groups is 2. The smallest absolute Gasteiger partial charge is 0.241 e. The van der Waals surface area contributed by atoms with Gasteiger partial charge in [-0.15, -0.1) is 0 Å². The fourth-order valence-corrected chi connectivity index (χ4v) is 2.45. The van der Waals surface area contributed by atoms with E-state index in [0.717, 1.165) is 0 Å². The van der Waals surface area contributed by atoms with E-state index in [2.05, 4.69) is 5.32 Å². The molecule has 0 atom stereocenters. The molecule has 0 saturated heterocycles. The van der Waals surface area contributed by atoms with E-state index in [1.165, 1.54) is 16.3 Å². The van der Waals surface area contributed by atoms with E-state index in [0.29, 0.717) is 16.3 Å². The lowest BCUT2D eigenvalue weighted by Gasteiger charge is -2.05. The summed E-state index contributed by atoms with van der Waals surface area (Å²) in [5, 5.41) is 3.27. The second kappa shape index (κ2) is 7.56. The Hall–Kier alpha value is -2.40. The van der Waals surface area contributed by atoms with Gasteiger partial charge in [0.25, 0.3) is 0 Å². The first kappa shape index (κ1) is 16.0. The van der Waals surface area contributed by atoms with Crippen LogP contribution in [0.15, 0.2) is 60.7 Å². The van der Waals surface area contributed by atoms with Crippen molar-refractivity contribution in [1.82, 2.24) is 5.32 Å². The molecule has 22 heavy (non-hydrogen) atoms. The van der Waals surface area contributed by atoms with Gasteiger partial charge in [0.1, 0.15) is 0 Å². The van der Waals surface area contributed by atoms with Crippen LogP contribution in [0, 0.1) is 0 Å². The van der Waals surface area contributed by atoms with Crippen molar-refractivity contribution in [1.29, 1.82) is 0 Å². The highest BCUT2D eigenvalue weighted by molar-refractivity contribution is 8.13. The molecule has 0 saturated carbocycles. The van der Waals surface area contributed by atoms with E-state index >= 15 is 0 Å². The highest BCUT2D eigenvalue weighted by Crippen LogP contribution is 2.05. The van der Waals surface area contributed by atoms with Crippen LogP contribution in [0.3, 0.4) is 0 Å². The van der Waals surface area contributed by atoms with E-state index in [9.17, 15) is 9.59 Å². The van der Waals surface area contributed by atoms with Gasteiger partial charge >= 0.3 is 17.0 Å². The summed E-state index contributed by atoms with van der Waals surface area (Å²) in [7, 11) is 1.65. The lowest BCUT2D eigenvalue weighted by Crippen LogP contribution is -2.36. The molecule has 0 fully saturated rings. The number of thioether (sulfide) groups is 1. The second-order valence-corrected chi connectivity index (χ2v) is 5.35. The van der Waals surface area contributed by atoms with E-state index in [1.807, 2.05) is 30.5 Å². The average molecular weight is 313 g/mol. The molecule has 1 N–H and O–H groups in total. The van der Waals surface area contributed by atoms with Crippen LogP contribution < -0.4 is 5.32 Å². The molecule has 0 heterocycles. The van der Waals surface area contributed by atoms with E-state index in [4.69, 9.17) is 0 Å². The zero-order chi connectivity index (χ0) is 15.9. The molecule has 0 aliphatic carbocycles. The monoisotopic (exact) mass is 313 g/mol. The Balaban J connectivity index is 2.22. The van der Waals surface area contributed by atoms with Crippen molar-refractivity contribution in [3.8, 4) is 0 Å². The molecule has 0 bridgehead atoms. The Morgan fingerprint density at radius 2 is 1.41 bits per heavy atom. The fourth-order valence-electron chi connectivity index (χ4n) is 1.90. The summed E-state index contributed by atoms with van der Waals surface area (Å²) >= 11 is 1.31. The van der Waals surface area contributed by atoms with Crippen molar-refractivity contribution in [2.24, 2.45) is 0 Å². The Labute approximate surface area is 133 Å². The lowest BCUT2D eigenvalue weighted by atomic mass is 10.2. The number of hydrogen-bond donors (Lipinski definition) is 1. The van der Waals surface area contributed by atoms with Gasteiger partial charge in [-0.1, -0.05) is 36.4 Å². The van der Waals surface area contributed by atoms with E-state index in [-0.39, 0.29) is 11.8 Å². The number of benzene rings is 2. The van der Waals surface area contributed by atoms with Crippen LogP contribution in [-0.4, -0.2) is 34.9 Å². The number of amidine groups is 1.